The van der Waals surface area contributed by atoms with Gasteiger partial charge in [-0.05, 0) is 29.3 Å². The van der Waals surface area contributed by atoms with Crippen molar-refractivity contribution < 1.29 is 9.53 Å². The van der Waals surface area contributed by atoms with Gasteiger partial charge in [-0.15, -0.1) is 0 Å². The van der Waals surface area contributed by atoms with Gasteiger partial charge in [0.25, 0.3) is 0 Å². The Hall–Kier alpha value is -2.26. The number of fused-ring (bicyclic) bond motifs is 1. The molecule has 4 heteroatoms. The predicted octanol–water partition coefficient (Wildman–Crippen LogP) is 4.27. The maximum absolute atomic E-state index is 11.6. The van der Waals surface area contributed by atoms with Crippen LogP contribution in [0.3, 0.4) is 0 Å². The summed E-state index contributed by atoms with van der Waals surface area (Å²) in [5.41, 5.74) is 3.29. The average molecular weight is 286 g/mol. The van der Waals surface area contributed by atoms with Gasteiger partial charge >= 0.3 is 5.97 Å². The zero-order chi connectivity index (χ0) is 14.1. The van der Waals surface area contributed by atoms with E-state index in [0.717, 1.165) is 22.0 Å². The fourth-order valence-corrected chi connectivity index (χ4v) is 2.48. The smallest absolute Gasteiger partial charge is 0.354 e. The van der Waals surface area contributed by atoms with Crippen molar-refractivity contribution in [2.45, 2.75) is 0 Å². The molecule has 0 saturated carbocycles. The topological polar surface area (TPSA) is 42.1 Å². The number of hydrogen-bond donors (Lipinski definition) is 1. The number of halogens is 1. The summed E-state index contributed by atoms with van der Waals surface area (Å²) < 4.78 is 4.71. The lowest BCUT2D eigenvalue weighted by Crippen LogP contribution is -2.00. The van der Waals surface area contributed by atoms with Crippen molar-refractivity contribution in [2.75, 3.05) is 7.11 Å². The van der Waals surface area contributed by atoms with Gasteiger partial charge in [0.05, 0.1) is 12.1 Å². The Bertz CT molecular complexity index is 778. The maximum atomic E-state index is 11.6. The molecule has 0 fully saturated rings. The van der Waals surface area contributed by atoms with E-state index in [2.05, 4.69) is 4.98 Å². The van der Waals surface area contributed by atoms with Gasteiger partial charge in [0.1, 0.15) is 5.69 Å². The van der Waals surface area contributed by atoms with Crippen molar-refractivity contribution in [3.05, 3.63) is 59.2 Å². The molecule has 0 saturated heterocycles. The van der Waals surface area contributed by atoms with E-state index in [1.807, 2.05) is 42.5 Å². The van der Waals surface area contributed by atoms with Crippen LogP contribution in [0.5, 0.6) is 0 Å². The Kier molecular flexibility index (Phi) is 3.20. The van der Waals surface area contributed by atoms with Gasteiger partial charge in [-0.2, -0.15) is 0 Å². The van der Waals surface area contributed by atoms with Crippen LogP contribution in [0.4, 0.5) is 0 Å². The molecule has 1 aromatic heterocycles. The van der Waals surface area contributed by atoms with Gasteiger partial charge in [-0.3, -0.25) is 0 Å². The minimum Gasteiger partial charge on any atom is -0.464 e. The van der Waals surface area contributed by atoms with Gasteiger partial charge in [0.15, 0.2) is 0 Å². The number of benzene rings is 2. The molecule has 1 heterocycles. The van der Waals surface area contributed by atoms with Crippen molar-refractivity contribution in [2.24, 2.45) is 0 Å². The first kappa shape index (κ1) is 12.8. The SMILES string of the molecule is COC(=O)c1cc2c(Cl)cc(-c3ccccc3)cc2[nH]1. The molecule has 0 atom stereocenters. The lowest BCUT2D eigenvalue weighted by molar-refractivity contribution is 0.0595. The molecule has 0 aliphatic carbocycles. The summed E-state index contributed by atoms with van der Waals surface area (Å²) in [6.07, 6.45) is 0. The van der Waals surface area contributed by atoms with Gasteiger partial charge < -0.3 is 9.72 Å². The molecule has 3 rings (SSSR count). The highest BCUT2D eigenvalue weighted by Gasteiger charge is 2.12. The van der Waals surface area contributed by atoms with Gasteiger partial charge in [-0.25, -0.2) is 4.79 Å². The number of carbonyl (C=O) groups is 1. The largest absolute Gasteiger partial charge is 0.464 e. The molecule has 0 spiro atoms. The summed E-state index contributed by atoms with van der Waals surface area (Å²) in [6.45, 7) is 0. The number of hydrogen-bond acceptors (Lipinski definition) is 2. The van der Waals surface area contributed by atoms with E-state index >= 15 is 0 Å². The average Bonchev–Trinajstić information content (AvgIpc) is 2.92. The summed E-state index contributed by atoms with van der Waals surface area (Å²) in [5.74, 6) is -0.404. The van der Waals surface area contributed by atoms with Crippen molar-refractivity contribution in [3.63, 3.8) is 0 Å². The van der Waals surface area contributed by atoms with E-state index in [-0.39, 0.29) is 0 Å². The molecule has 1 N–H and O–H groups in total. The summed E-state index contributed by atoms with van der Waals surface area (Å²) in [6, 6.07) is 15.5. The zero-order valence-corrected chi connectivity index (χ0v) is 11.6. The maximum Gasteiger partial charge on any atom is 0.354 e. The molecule has 0 aliphatic heterocycles. The number of aromatic nitrogens is 1. The van der Waals surface area contributed by atoms with Crippen LogP contribution in [0.25, 0.3) is 22.0 Å². The van der Waals surface area contributed by atoms with E-state index < -0.39 is 5.97 Å². The van der Waals surface area contributed by atoms with Crippen LogP contribution in [-0.2, 0) is 4.74 Å². The highest BCUT2D eigenvalue weighted by molar-refractivity contribution is 6.36. The number of rotatable bonds is 2. The Morgan fingerprint density at radius 2 is 1.85 bits per heavy atom. The third-order valence-electron chi connectivity index (χ3n) is 3.20. The van der Waals surface area contributed by atoms with Crippen molar-refractivity contribution in [1.29, 1.82) is 0 Å². The molecule has 100 valence electrons. The molecule has 0 radical (unpaired) electrons. The third-order valence-corrected chi connectivity index (χ3v) is 3.51. The van der Waals surface area contributed by atoms with E-state index in [4.69, 9.17) is 16.3 Å². The quantitative estimate of drug-likeness (QED) is 0.714. The summed E-state index contributed by atoms with van der Waals surface area (Å²) in [5, 5.41) is 1.42. The minimum absolute atomic E-state index is 0.398. The van der Waals surface area contributed by atoms with Crippen LogP contribution in [0.1, 0.15) is 10.5 Å². The van der Waals surface area contributed by atoms with Crippen LogP contribution in [0.2, 0.25) is 5.02 Å². The van der Waals surface area contributed by atoms with Gasteiger partial charge in [0.2, 0.25) is 0 Å². The van der Waals surface area contributed by atoms with E-state index in [1.54, 1.807) is 6.07 Å². The van der Waals surface area contributed by atoms with Gasteiger partial charge in [0, 0.05) is 10.9 Å². The van der Waals surface area contributed by atoms with Crippen molar-refractivity contribution in [1.82, 2.24) is 4.98 Å². The second kappa shape index (κ2) is 5.02. The Labute approximate surface area is 121 Å². The van der Waals surface area contributed by atoms with Crippen LogP contribution in [0, 0.1) is 0 Å². The van der Waals surface area contributed by atoms with E-state index in [9.17, 15) is 4.79 Å². The lowest BCUT2D eigenvalue weighted by Gasteiger charge is -2.03. The lowest BCUT2D eigenvalue weighted by atomic mass is 10.0. The number of aromatic amines is 1. The second-order valence-electron chi connectivity index (χ2n) is 4.46. The number of H-pyrrole nitrogens is 1. The van der Waals surface area contributed by atoms with E-state index in [0.29, 0.717) is 10.7 Å². The van der Waals surface area contributed by atoms with Crippen LogP contribution in [0.15, 0.2) is 48.5 Å². The highest BCUT2D eigenvalue weighted by Crippen LogP contribution is 2.31. The number of methoxy groups -OCH3 is 1. The standard InChI is InChI=1S/C16H12ClNO2/c1-20-16(19)15-9-12-13(17)7-11(8-14(12)18-15)10-5-3-2-4-6-10/h2-9,18H,1H3. The summed E-state index contributed by atoms with van der Waals surface area (Å²) in [4.78, 5) is 14.6. The fourth-order valence-electron chi connectivity index (χ4n) is 2.21. The molecular weight excluding hydrogens is 274 g/mol. The number of nitrogens with one attached hydrogen (secondary N) is 1. The molecule has 0 unspecified atom stereocenters. The van der Waals surface area contributed by atoms with Crippen molar-refractivity contribution in [3.8, 4) is 11.1 Å². The Balaban J connectivity index is 2.17. The van der Waals surface area contributed by atoms with Crippen LogP contribution in [-0.4, -0.2) is 18.1 Å². The molecular formula is C16H12ClNO2. The normalized spacial score (nSPS) is 10.7. The highest BCUT2D eigenvalue weighted by atomic mass is 35.5. The zero-order valence-electron chi connectivity index (χ0n) is 10.8. The first-order valence-corrected chi connectivity index (χ1v) is 6.53. The molecule has 0 aliphatic rings. The third kappa shape index (κ3) is 2.17. The fraction of sp³-hybridized carbons (Fsp3) is 0.0625. The molecule has 2 aromatic carbocycles. The predicted molar refractivity (Wildman–Crippen MR) is 80.1 cm³/mol. The molecule has 0 bridgehead atoms. The van der Waals surface area contributed by atoms with Gasteiger partial charge in [-0.1, -0.05) is 41.9 Å². The summed E-state index contributed by atoms with van der Waals surface area (Å²) in [7, 11) is 1.35. The number of esters is 1. The molecule has 20 heavy (non-hydrogen) atoms. The number of ether oxygens (including phenoxy) is 1. The summed E-state index contributed by atoms with van der Waals surface area (Å²) >= 11 is 6.30. The van der Waals surface area contributed by atoms with Crippen molar-refractivity contribution >= 4 is 28.5 Å². The Morgan fingerprint density at radius 1 is 1.10 bits per heavy atom. The minimum atomic E-state index is -0.404. The first-order chi connectivity index (χ1) is 9.69. The Morgan fingerprint density at radius 3 is 2.55 bits per heavy atom. The molecule has 0 amide bonds. The molecule has 3 nitrogen and oxygen atoms in total. The van der Waals surface area contributed by atoms with Crippen LogP contribution < -0.4 is 0 Å². The van der Waals surface area contributed by atoms with Crippen LogP contribution >= 0.6 is 11.6 Å². The van der Waals surface area contributed by atoms with E-state index in [1.165, 1.54) is 7.11 Å². The molecule has 3 aromatic rings. The monoisotopic (exact) mass is 285 g/mol. The number of carbonyl (C=O) groups excluding carboxylic acids is 1. The first-order valence-electron chi connectivity index (χ1n) is 6.15. The second-order valence-corrected chi connectivity index (χ2v) is 4.87.